The molecule has 6 heteroatoms. The quantitative estimate of drug-likeness (QED) is 0.506. The Morgan fingerprint density at radius 3 is 2.62 bits per heavy atom. The third kappa shape index (κ3) is 3.96. The Morgan fingerprint density at radius 1 is 1.44 bits per heavy atom. The summed E-state index contributed by atoms with van der Waals surface area (Å²) in [6.07, 6.45) is 1.54. The van der Waals surface area contributed by atoms with Crippen LogP contribution in [0, 0.1) is 0 Å². The van der Waals surface area contributed by atoms with Crippen LogP contribution in [0.1, 0.15) is 12.5 Å². The number of nitrogens with one attached hydrogen (secondary N) is 2. The molecule has 0 aliphatic rings. The van der Waals surface area contributed by atoms with Crippen molar-refractivity contribution in [3.05, 3.63) is 33.8 Å². The van der Waals surface area contributed by atoms with Crippen LogP contribution in [0.15, 0.2) is 23.3 Å². The van der Waals surface area contributed by atoms with Crippen LogP contribution in [0.25, 0.3) is 0 Å². The van der Waals surface area contributed by atoms with E-state index in [4.69, 9.17) is 35.4 Å². The van der Waals surface area contributed by atoms with Crippen molar-refractivity contribution in [3.8, 4) is 0 Å². The molecule has 0 atom stereocenters. The average molecular weight is 276 g/mol. The largest absolute Gasteiger partial charge is 0.362 e. The second-order valence-electron chi connectivity index (χ2n) is 2.86. The molecular weight excluding hydrogens is 265 g/mol. The number of hydrazone groups is 1. The molecule has 0 saturated carbocycles. The zero-order valence-electron chi connectivity index (χ0n) is 8.63. The van der Waals surface area contributed by atoms with E-state index in [2.05, 4.69) is 15.8 Å². The van der Waals surface area contributed by atoms with Gasteiger partial charge in [-0.25, -0.2) is 0 Å². The number of hydrogen-bond acceptors (Lipinski definition) is 2. The first-order valence-electron chi connectivity index (χ1n) is 4.66. The maximum atomic E-state index is 5.95. The summed E-state index contributed by atoms with van der Waals surface area (Å²) in [5, 5.41) is 8.39. The first-order valence-corrected chi connectivity index (χ1v) is 5.82. The molecule has 0 aliphatic carbocycles. The van der Waals surface area contributed by atoms with Gasteiger partial charge in [0.1, 0.15) is 0 Å². The highest BCUT2D eigenvalue weighted by Gasteiger charge is 2.01. The number of rotatable bonds is 3. The third-order valence-corrected chi connectivity index (χ3v) is 2.59. The summed E-state index contributed by atoms with van der Waals surface area (Å²) in [4.78, 5) is 0. The monoisotopic (exact) mass is 275 g/mol. The van der Waals surface area contributed by atoms with Gasteiger partial charge in [0.25, 0.3) is 0 Å². The van der Waals surface area contributed by atoms with E-state index in [1.807, 2.05) is 6.92 Å². The summed E-state index contributed by atoms with van der Waals surface area (Å²) in [6.45, 7) is 2.69. The summed E-state index contributed by atoms with van der Waals surface area (Å²) in [5.74, 6) is 0. The molecule has 1 aromatic carbocycles. The lowest BCUT2D eigenvalue weighted by Crippen LogP contribution is -2.31. The van der Waals surface area contributed by atoms with Crippen molar-refractivity contribution < 1.29 is 0 Å². The zero-order valence-corrected chi connectivity index (χ0v) is 11.0. The van der Waals surface area contributed by atoms with Gasteiger partial charge in [-0.2, -0.15) is 5.10 Å². The van der Waals surface area contributed by atoms with E-state index in [9.17, 15) is 0 Å². The Labute approximate surface area is 110 Å². The fourth-order valence-electron chi connectivity index (χ4n) is 0.990. The molecule has 0 unspecified atom stereocenters. The van der Waals surface area contributed by atoms with E-state index in [0.717, 1.165) is 6.54 Å². The number of halogens is 2. The minimum Gasteiger partial charge on any atom is -0.362 e. The van der Waals surface area contributed by atoms with E-state index in [-0.39, 0.29) is 0 Å². The topological polar surface area (TPSA) is 36.4 Å². The Morgan fingerprint density at radius 2 is 2.06 bits per heavy atom. The first kappa shape index (κ1) is 13.2. The standard InChI is InChI=1S/C10H11Cl2N3S/c1-2-13-10(16)15-14-6-7-8(11)4-3-5-9(7)12/h3-6H,2H2,1H3,(H2,13,15,16)/b14-6+. The van der Waals surface area contributed by atoms with Gasteiger partial charge in [0.05, 0.1) is 16.3 Å². The summed E-state index contributed by atoms with van der Waals surface area (Å²) < 4.78 is 0. The van der Waals surface area contributed by atoms with Crippen molar-refractivity contribution in [2.45, 2.75) is 6.92 Å². The van der Waals surface area contributed by atoms with Crippen molar-refractivity contribution in [3.63, 3.8) is 0 Å². The number of thiocarbonyl (C=S) groups is 1. The minimum atomic E-state index is 0.460. The van der Waals surface area contributed by atoms with Gasteiger partial charge in [0.2, 0.25) is 0 Å². The molecule has 1 aromatic rings. The molecule has 0 radical (unpaired) electrons. The Hall–Kier alpha value is -0.840. The molecule has 0 aliphatic heterocycles. The molecule has 2 N–H and O–H groups in total. The van der Waals surface area contributed by atoms with Gasteiger partial charge < -0.3 is 5.32 Å². The van der Waals surface area contributed by atoms with Crippen LogP contribution in [-0.4, -0.2) is 17.9 Å². The smallest absolute Gasteiger partial charge is 0.186 e. The molecular formula is C10H11Cl2N3S. The fraction of sp³-hybridized carbons (Fsp3) is 0.200. The second kappa shape index (κ2) is 6.68. The highest BCUT2D eigenvalue weighted by Crippen LogP contribution is 2.21. The van der Waals surface area contributed by atoms with Crippen LogP contribution in [-0.2, 0) is 0 Å². The maximum Gasteiger partial charge on any atom is 0.186 e. The highest BCUT2D eigenvalue weighted by molar-refractivity contribution is 7.80. The predicted octanol–water partition coefficient (Wildman–Crippen LogP) is 2.81. The lowest BCUT2D eigenvalue weighted by Gasteiger charge is -2.03. The number of hydrogen-bond donors (Lipinski definition) is 2. The van der Waals surface area contributed by atoms with Crippen molar-refractivity contribution in [2.75, 3.05) is 6.54 Å². The molecule has 86 valence electrons. The zero-order chi connectivity index (χ0) is 12.0. The molecule has 0 fully saturated rings. The van der Waals surface area contributed by atoms with Crippen LogP contribution in [0.2, 0.25) is 10.0 Å². The average Bonchev–Trinajstić information content (AvgIpc) is 2.23. The molecule has 0 heterocycles. The van der Waals surface area contributed by atoms with Crippen LogP contribution in [0.5, 0.6) is 0 Å². The molecule has 0 amide bonds. The Balaban J connectivity index is 2.66. The molecule has 0 aromatic heterocycles. The van der Waals surface area contributed by atoms with Crippen LogP contribution in [0.3, 0.4) is 0 Å². The molecule has 3 nitrogen and oxygen atoms in total. The van der Waals surface area contributed by atoms with E-state index < -0.39 is 0 Å². The lowest BCUT2D eigenvalue weighted by atomic mass is 10.2. The third-order valence-electron chi connectivity index (χ3n) is 1.70. The number of nitrogens with zero attached hydrogens (tertiary/aromatic N) is 1. The molecule has 0 saturated heterocycles. The van der Waals surface area contributed by atoms with Gasteiger partial charge in [-0.15, -0.1) is 0 Å². The van der Waals surface area contributed by atoms with Gasteiger partial charge in [0.15, 0.2) is 5.11 Å². The van der Waals surface area contributed by atoms with E-state index >= 15 is 0 Å². The Bertz CT molecular complexity index is 387. The highest BCUT2D eigenvalue weighted by atomic mass is 35.5. The normalized spacial score (nSPS) is 10.4. The van der Waals surface area contributed by atoms with Crippen LogP contribution in [0.4, 0.5) is 0 Å². The minimum absolute atomic E-state index is 0.460. The molecule has 0 bridgehead atoms. The van der Waals surface area contributed by atoms with Gasteiger partial charge in [-0.1, -0.05) is 29.3 Å². The SMILES string of the molecule is CCNC(=S)N/N=C/c1c(Cl)cccc1Cl. The molecule has 0 spiro atoms. The molecule has 16 heavy (non-hydrogen) atoms. The van der Waals surface area contributed by atoms with Crippen molar-refractivity contribution in [1.29, 1.82) is 0 Å². The van der Waals surface area contributed by atoms with Gasteiger partial charge in [-0.3, -0.25) is 5.43 Å². The summed E-state index contributed by atoms with van der Waals surface area (Å²) in [5.41, 5.74) is 3.32. The van der Waals surface area contributed by atoms with Gasteiger partial charge in [-0.05, 0) is 31.3 Å². The van der Waals surface area contributed by atoms with Gasteiger partial charge >= 0.3 is 0 Å². The number of benzene rings is 1. The summed E-state index contributed by atoms with van der Waals surface area (Å²) >= 11 is 16.8. The van der Waals surface area contributed by atoms with E-state index in [0.29, 0.717) is 20.7 Å². The van der Waals surface area contributed by atoms with Crippen LogP contribution < -0.4 is 10.7 Å². The van der Waals surface area contributed by atoms with Crippen molar-refractivity contribution in [2.24, 2.45) is 5.10 Å². The first-order chi connectivity index (χ1) is 7.65. The maximum absolute atomic E-state index is 5.95. The predicted molar refractivity (Wildman–Crippen MR) is 73.5 cm³/mol. The second-order valence-corrected chi connectivity index (χ2v) is 4.09. The van der Waals surface area contributed by atoms with Crippen molar-refractivity contribution >= 4 is 46.7 Å². The lowest BCUT2D eigenvalue weighted by molar-refractivity contribution is 0.904. The van der Waals surface area contributed by atoms with Crippen molar-refractivity contribution in [1.82, 2.24) is 10.7 Å². The van der Waals surface area contributed by atoms with E-state index in [1.54, 1.807) is 18.2 Å². The molecule has 1 rings (SSSR count). The van der Waals surface area contributed by atoms with Crippen LogP contribution >= 0.6 is 35.4 Å². The fourth-order valence-corrected chi connectivity index (χ4v) is 1.68. The van der Waals surface area contributed by atoms with Gasteiger partial charge in [0, 0.05) is 12.1 Å². The Kier molecular flexibility index (Phi) is 5.52. The summed E-state index contributed by atoms with van der Waals surface area (Å²) in [6, 6.07) is 5.27. The van der Waals surface area contributed by atoms with E-state index in [1.165, 1.54) is 6.21 Å². The summed E-state index contributed by atoms with van der Waals surface area (Å²) in [7, 11) is 0.